The first-order valence-corrected chi connectivity index (χ1v) is 6.21. The Kier molecular flexibility index (Phi) is 5.71. The van der Waals surface area contributed by atoms with E-state index in [9.17, 15) is 14.4 Å². The molecule has 1 rings (SSSR count). The van der Waals surface area contributed by atoms with E-state index >= 15 is 0 Å². The molecule has 0 radical (unpaired) electrons. The highest BCUT2D eigenvalue weighted by atomic mass is 16.4. The third-order valence-corrected chi connectivity index (χ3v) is 2.95. The predicted molar refractivity (Wildman–Crippen MR) is 71.3 cm³/mol. The van der Waals surface area contributed by atoms with Crippen molar-refractivity contribution >= 4 is 17.8 Å². The lowest BCUT2D eigenvalue weighted by Crippen LogP contribution is -2.42. The Morgan fingerprint density at radius 3 is 2.25 bits per heavy atom. The summed E-state index contributed by atoms with van der Waals surface area (Å²) in [4.78, 5) is 33.4. The molecule has 0 aliphatic carbocycles. The second kappa shape index (κ2) is 7.28. The minimum Gasteiger partial charge on any atom is -0.481 e. The lowest BCUT2D eigenvalue weighted by Gasteiger charge is -2.17. The standard InChI is InChI=1S/C14H17NO5/c1-9(10-5-3-2-4-6-10)13(18)15-11(14(19)20)7-8-12(16)17/h2-6,9,11H,7-8H2,1H3,(H,15,18)(H,16,17)(H,19,20). The van der Waals surface area contributed by atoms with Crippen LogP contribution in [0.2, 0.25) is 0 Å². The SMILES string of the molecule is CC(C(=O)NC(CCC(=O)O)C(=O)O)c1ccccc1. The van der Waals surface area contributed by atoms with Crippen molar-refractivity contribution in [2.75, 3.05) is 0 Å². The van der Waals surface area contributed by atoms with Crippen LogP contribution >= 0.6 is 0 Å². The fourth-order valence-electron chi connectivity index (χ4n) is 1.72. The normalized spacial score (nSPS) is 13.2. The average Bonchev–Trinajstić information content (AvgIpc) is 2.42. The lowest BCUT2D eigenvalue weighted by molar-refractivity contribution is -0.143. The molecule has 6 heteroatoms. The summed E-state index contributed by atoms with van der Waals surface area (Å²) in [6.07, 6.45) is -0.450. The predicted octanol–water partition coefficient (Wildman–Crippen LogP) is 1.22. The molecule has 20 heavy (non-hydrogen) atoms. The van der Waals surface area contributed by atoms with Crippen LogP contribution in [0.25, 0.3) is 0 Å². The molecular weight excluding hydrogens is 262 g/mol. The second-order valence-electron chi connectivity index (χ2n) is 4.46. The van der Waals surface area contributed by atoms with Crippen molar-refractivity contribution in [3.05, 3.63) is 35.9 Å². The van der Waals surface area contributed by atoms with Gasteiger partial charge in [0.1, 0.15) is 6.04 Å². The van der Waals surface area contributed by atoms with E-state index in [4.69, 9.17) is 10.2 Å². The molecule has 0 aliphatic heterocycles. The summed E-state index contributed by atoms with van der Waals surface area (Å²) >= 11 is 0. The molecule has 1 aromatic rings. The van der Waals surface area contributed by atoms with Crippen LogP contribution in [0.5, 0.6) is 0 Å². The summed E-state index contributed by atoms with van der Waals surface area (Å²) in [5.74, 6) is -3.27. The zero-order valence-corrected chi connectivity index (χ0v) is 11.1. The van der Waals surface area contributed by atoms with Crippen LogP contribution in [0.4, 0.5) is 0 Å². The van der Waals surface area contributed by atoms with Crippen molar-refractivity contribution < 1.29 is 24.6 Å². The molecule has 2 unspecified atom stereocenters. The molecule has 0 bridgehead atoms. The molecule has 0 aromatic heterocycles. The van der Waals surface area contributed by atoms with E-state index in [-0.39, 0.29) is 12.8 Å². The first kappa shape index (κ1) is 15.7. The van der Waals surface area contributed by atoms with Gasteiger partial charge in [0.15, 0.2) is 0 Å². The monoisotopic (exact) mass is 279 g/mol. The fraction of sp³-hybridized carbons (Fsp3) is 0.357. The van der Waals surface area contributed by atoms with Crippen molar-refractivity contribution in [1.82, 2.24) is 5.32 Å². The van der Waals surface area contributed by atoms with Crippen LogP contribution < -0.4 is 5.32 Å². The highest BCUT2D eigenvalue weighted by Gasteiger charge is 2.24. The molecule has 3 N–H and O–H groups in total. The van der Waals surface area contributed by atoms with Gasteiger partial charge in [-0.3, -0.25) is 9.59 Å². The van der Waals surface area contributed by atoms with Crippen LogP contribution in [0.1, 0.15) is 31.2 Å². The zero-order chi connectivity index (χ0) is 15.1. The van der Waals surface area contributed by atoms with Gasteiger partial charge in [-0.05, 0) is 18.9 Å². The van der Waals surface area contributed by atoms with Gasteiger partial charge in [-0.25, -0.2) is 4.79 Å². The van der Waals surface area contributed by atoms with E-state index in [1.54, 1.807) is 31.2 Å². The molecule has 0 aliphatic rings. The minimum absolute atomic E-state index is 0.141. The average molecular weight is 279 g/mol. The maximum Gasteiger partial charge on any atom is 0.326 e. The molecule has 6 nitrogen and oxygen atoms in total. The molecule has 1 amide bonds. The molecule has 2 atom stereocenters. The Morgan fingerprint density at radius 1 is 1.15 bits per heavy atom. The molecule has 0 saturated carbocycles. The van der Waals surface area contributed by atoms with Gasteiger partial charge in [0, 0.05) is 6.42 Å². The number of hydrogen-bond donors (Lipinski definition) is 3. The van der Waals surface area contributed by atoms with E-state index in [0.29, 0.717) is 0 Å². The molecule has 0 spiro atoms. The Morgan fingerprint density at radius 2 is 1.75 bits per heavy atom. The number of rotatable bonds is 7. The summed E-state index contributed by atoms with van der Waals surface area (Å²) in [6.45, 7) is 1.67. The van der Waals surface area contributed by atoms with Gasteiger partial charge in [0.2, 0.25) is 5.91 Å². The maximum absolute atomic E-state index is 12.0. The third kappa shape index (κ3) is 4.72. The van der Waals surface area contributed by atoms with Gasteiger partial charge in [-0.1, -0.05) is 30.3 Å². The first-order chi connectivity index (χ1) is 9.41. The number of carbonyl (C=O) groups excluding carboxylic acids is 1. The quantitative estimate of drug-likeness (QED) is 0.696. The summed E-state index contributed by atoms with van der Waals surface area (Å²) in [5.41, 5.74) is 0.771. The Labute approximate surface area is 116 Å². The Bertz CT molecular complexity index is 486. The maximum atomic E-state index is 12.0. The van der Waals surface area contributed by atoms with Crippen LogP contribution in [-0.2, 0) is 14.4 Å². The van der Waals surface area contributed by atoms with Gasteiger partial charge >= 0.3 is 11.9 Å². The molecule has 0 fully saturated rings. The van der Waals surface area contributed by atoms with Crippen molar-refractivity contribution in [3.8, 4) is 0 Å². The van der Waals surface area contributed by atoms with Crippen LogP contribution in [-0.4, -0.2) is 34.1 Å². The van der Waals surface area contributed by atoms with Gasteiger partial charge in [0.05, 0.1) is 5.92 Å². The highest BCUT2D eigenvalue weighted by Crippen LogP contribution is 2.15. The molecule has 0 saturated heterocycles. The molecule has 0 heterocycles. The lowest BCUT2D eigenvalue weighted by atomic mass is 10.00. The number of carboxylic acid groups (broad SMARTS) is 2. The van der Waals surface area contributed by atoms with Gasteiger partial charge in [0.25, 0.3) is 0 Å². The fourth-order valence-corrected chi connectivity index (χ4v) is 1.72. The van der Waals surface area contributed by atoms with E-state index in [1.165, 1.54) is 0 Å². The largest absolute Gasteiger partial charge is 0.481 e. The number of carboxylic acids is 2. The van der Waals surface area contributed by atoms with Crippen LogP contribution in [0.3, 0.4) is 0 Å². The summed E-state index contributed by atoms with van der Waals surface area (Å²) < 4.78 is 0. The number of carbonyl (C=O) groups is 3. The van der Waals surface area contributed by atoms with E-state index in [0.717, 1.165) is 5.56 Å². The van der Waals surface area contributed by atoms with Crippen molar-refractivity contribution in [2.45, 2.75) is 31.7 Å². The first-order valence-electron chi connectivity index (χ1n) is 6.21. The number of benzene rings is 1. The summed E-state index contributed by atoms with van der Waals surface area (Å²) in [6, 6.07) is 7.76. The molecule has 1 aromatic carbocycles. The minimum atomic E-state index is -1.24. The van der Waals surface area contributed by atoms with Crippen LogP contribution in [0.15, 0.2) is 30.3 Å². The number of amides is 1. The van der Waals surface area contributed by atoms with E-state index in [2.05, 4.69) is 5.32 Å². The van der Waals surface area contributed by atoms with Gasteiger partial charge < -0.3 is 15.5 Å². The number of hydrogen-bond acceptors (Lipinski definition) is 3. The van der Waals surface area contributed by atoms with Crippen LogP contribution in [0, 0.1) is 0 Å². The van der Waals surface area contributed by atoms with Crippen molar-refractivity contribution in [3.63, 3.8) is 0 Å². The van der Waals surface area contributed by atoms with Crippen molar-refractivity contribution in [2.24, 2.45) is 0 Å². The summed E-state index contributed by atoms with van der Waals surface area (Å²) in [5, 5.41) is 19.9. The Hall–Kier alpha value is -2.37. The van der Waals surface area contributed by atoms with Gasteiger partial charge in [-0.15, -0.1) is 0 Å². The van der Waals surface area contributed by atoms with E-state index < -0.39 is 29.8 Å². The van der Waals surface area contributed by atoms with E-state index in [1.807, 2.05) is 6.07 Å². The number of aliphatic carboxylic acids is 2. The third-order valence-electron chi connectivity index (χ3n) is 2.95. The Balaban J connectivity index is 2.66. The molecule has 108 valence electrons. The summed E-state index contributed by atoms with van der Waals surface area (Å²) in [7, 11) is 0. The second-order valence-corrected chi connectivity index (χ2v) is 4.46. The molecular formula is C14H17NO5. The smallest absolute Gasteiger partial charge is 0.326 e. The zero-order valence-electron chi connectivity index (χ0n) is 11.1. The number of nitrogens with one attached hydrogen (secondary N) is 1. The highest BCUT2D eigenvalue weighted by molar-refractivity contribution is 5.88. The topological polar surface area (TPSA) is 104 Å². The van der Waals surface area contributed by atoms with Gasteiger partial charge in [-0.2, -0.15) is 0 Å². The van der Waals surface area contributed by atoms with Crippen molar-refractivity contribution in [1.29, 1.82) is 0 Å².